The summed E-state index contributed by atoms with van der Waals surface area (Å²) in [5.41, 5.74) is 2.09. The number of pyridine rings is 1. The van der Waals surface area contributed by atoms with E-state index in [-0.39, 0.29) is 16.5 Å². The summed E-state index contributed by atoms with van der Waals surface area (Å²) in [6, 6.07) is 16.7. The Hall–Kier alpha value is -4.75. The van der Waals surface area contributed by atoms with Gasteiger partial charge in [0.1, 0.15) is 18.5 Å². The molecule has 2 fully saturated rings. The predicted molar refractivity (Wildman–Crippen MR) is 148 cm³/mol. The molecule has 204 valence electrons. The van der Waals surface area contributed by atoms with Crippen molar-refractivity contribution in [3.63, 3.8) is 0 Å². The number of hydrogen-bond acceptors (Lipinski definition) is 10. The number of imide groups is 1. The third kappa shape index (κ3) is 6.45. The van der Waals surface area contributed by atoms with Gasteiger partial charge in [-0.25, -0.2) is 4.98 Å². The summed E-state index contributed by atoms with van der Waals surface area (Å²) in [5.74, 6) is -0.417. The summed E-state index contributed by atoms with van der Waals surface area (Å²) < 4.78 is 10.9. The summed E-state index contributed by atoms with van der Waals surface area (Å²) in [5, 5.41) is 12.9. The number of morpholine rings is 1. The Kier molecular flexibility index (Phi) is 8.03. The summed E-state index contributed by atoms with van der Waals surface area (Å²) >= 11 is 0.760. The highest BCUT2D eigenvalue weighted by molar-refractivity contribution is 8.18. The minimum atomic E-state index is -0.553. The van der Waals surface area contributed by atoms with Crippen molar-refractivity contribution in [1.29, 1.82) is 0 Å². The van der Waals surface area contributed by atoms with Crippen LogP contribution in [-0.4, -0.2) is 64.7 Å². The average Bonchev–Trinajstić information content (AvgIpc) is 3.22. The van der Waals surface area contributed by atoms with Crippen molar-refractivity contribution >= 4 is 52.0 Å². The monoisotopic (exact) mass is 561 g/mol. The molecule has 2 saturated heterocycles. The molecule has 0 saturated carbocycles. The van der Waals surface area contributed by atoms with Gasteiger partial charge >= 0.3 is 0 Å². The van der Waals surface area contributed by atoms with Gasteiger partial charge in [-0.1, -0.05) is 12.1 Å². The quantitative estimate of drug-likeness (QED) is 0.240. The lowest BCUT2D eigenvalue weighted by Crippen LogP contribution is -2.36. The van der Waals surface area contributed by atoms with Gasteiger partial charge in [0.25, 0.3) is 16.8 Å². The number of nitrogens with zero attached hydrogens (tertiary/aromatic N) is 4. The van der Waals surface area contributed by atoms with Crippen molar-refractivity contribution in [3.05, 3.63) is 87.4 Å². The molecule has 0 radical (unpaired) electrons. The van der Waals surface area contributed by atoms with E-state index in [0.717, 1.165) is 41.6 Å². The maximum Gasteiger partial charge on any atom is 0.294 e. The van der Waals surface area contributed by atoms with E-state index in [4.69, 9.17) is 9.47 Å². The first-order valence-corrected chi connectivity index (χ1v) is 13.0. The molecule has 40 heavy (non-hydrogen) atoms. The van der Waals surface area contributed by atoms with E-state index >= 15 is 0 Å². The number of thioether (sulfide) groups is 1. The van der Waals surface area contributed by atoms with Gasteiger partial charge in [0.2, 0.25) is 11.8 Å². The van der Waals surface area contributed by atoms with Gasteiger partial charge in [0.05, 0.1) is 23.0 Å². The van der Waals surface area contributed by atoms with Gasteiger partial charge < -0.3 is 19.7 Å². The zero-order valence-corrected chi connectivity index (χ0v) is 21.8. The second kappa shape index (κ2) is 12.0. The Bertz CT molecular complexity index is 1450. The molecule has 1 aromatic heterocycles. The van der Waals surface area contributed by atoms with Crippen LogP contribution >= 0.6 is 11.8 Å². The highest BCUT2D eigenvalue weighted by Gasteiger charge is 2.36. The first-order chi connectivity index (χ1) is 19.4. The van der Waals surface area contributed by atoms with Crippen LogP contribution in [0, 0.1) is 10.1 Å². The number of aromatic nitrogens is 1. The highest BCUT2D eigenvalue weighted by atomic mass is 32.2. The molecule has 0 atom stereocenters. The van der Waals surface area contributed by atoms with E-state index in [1.54, 1.807) is 42.5 Å². The standard InChI is InChI=1S/C27H23N5O7S/c33-24(29-19-3-5-20(6-4-19)30-11-13-38-14-12-30)17-31-26(34)23(40-27(31)35)15-18-1-8-22(9-2-18)39-25-10-7-21(16-28-25)32(36)37/h1-10,15-16H,11-14,17H2,(H,29,33)/b23-15-. The van der Waals surface area contributed by atoms with Crippen molar-refractivity contribution in [3.8, 4) is 11.6 Å². The Balaban J connectivity index is 1.16. The molecule has 3 heterocycles. The van der Waals surface area contributed by atoms with Crippen LogP contribution in [0.15, 0.2) is 71.8 Å². The van der Waals surface area contributed by atoms with E-state index in [9.17, 15) is 24.5 Å². The van der Waals surface area contributed by atoms with E-state index in [2.05, 4.69) is 15.2 Å². The molecule has 12 nitrogen and oxygen atoms in total. The molecule has 2 aromatic carbocycles. The summed E-state index contributed by atoms with van der Waals surface area (Å²) in [7, 11) is 0. The molecule has 3 aromatic rings. The van der Waals surface area contributed by atoms with Crippen molar-refractivity contribution in [2.45, 2.75) is 0 Å². The molecule has 0 aliphatic carbocycles. The lowest BCUT2D eigenvalue weighted by atomic mass is 10.2. The van der Waals surface area contributed by atoms with Crippen LogP contribution < -0.4 is 15.0 Å². The van der Waals surface area contributed by atoms with Crippen LogP contribution in [0.4, 0.5) is 21.9 Å². The zero-order valence-electron chi connectivity index (χ0n) is 21.0. The predicted octanol–water partition coefficient (Wildman–Crippen LogP) is 4.29. The second-order valence-electron chi connectivity index (χ2n) is 8.75. The van der Waals surface area contributed by atoms with Crippen LogP contribution in [0.2, 0.25) is 0 Å². The number of nitro groups is 1. The molecule has 0 unspecified atom stereocenters. The SMILES string of the molecule is O=C(CN1C(=O)S/C(=C\c2ccc(Oc3ccc([N+](=O)[O-])cn3)cc2)C1=O)Nc1ccc(N2CCOCC2)cc1. The molecule has 3 amide bonds. The lowest BCUT2D eigenvalue weighted by Gasteiger charge is -2.28. The van der Waals surface area contributed by atoms with Crippen molar-refractivity contribution in [2.24, 2.45) is 0 Å². The molecule has 1 N–H and O–H groups in total. The molecule has 0 bridgehead atoms. The summed E-state index contributed by atoms with van der Waals surface area (Å²) in [6.07, 6.45) is 2.66. The number of benzene rings is 2. The van der Waals surface area contributed by atoms with E-state index in [1.807, 2.05) is 12.1 Å². The van der Waals surface area contributed by atoms with Crippen LogP contribution in [0.1, 0.15) is 5.56 Å². The largest absolute Gasteiger partial charge is 0.439 e. The van der Waals surface area contributed by atoms with E-state index < -0.39 is 28.5 Å². The Morgan fingerprint density at radius 1 is 1.07 bits per heavy atom. The number of amides is 3. The number of anilines is 2. The minimum absolute atomic E-state index is 0.146. The van der Waals surface area contributed by atoms with Crippen LogP contribution in [-0.2, 0) is 14.3 Å². The third-order valence-corrected chi connectivity index (χ3v) is 6.94. The van der Waals surface area contributed by atoms with Crippen LogP contribution in [0.3, 0.4) is 0 Å². The topological polar surface area (TPSA) is 144 Å². The van der Waals surface area contributed by atoms with Crippen LogP contribution in [0.25, 0.3) is 6.08 Å². The van der Waals surface area contributed by atoms with Gasteiger partial charge in [0.15, 0.2) is 0 Å². The maximum atomic E-state index is 12.9. The smallest absolute Gasteiger partial charge is 0.294 e. The molecular weight excluding hydrogens is 538 g/mol. The highest BCUT2D eigenvalue weighted by Crippen LogP contribution is 2.32. The number of ether oxygens (including phenoxy) is 2. The number of carbonyl (C=O) groups excluding carboxylic acids is 3. The second-order valence-corrected chi connectivity index (χ2v) is 9.74. The summed E-state index contributed by atoms with van der Waals surface area (Å²) in [6.45, 7) is 2.55. The molecule has 0 spiro atoms. The number of hydrogen-bond donors (Lipinski definition) is 1. The maximum absolute atomic E-state index is 12.9. The molecule has 5 rings (SSSR count). The van der Waals surface area contributed by atoms with Crippen molar-refractivity contribution < 1.29 is 28.8 Å². The third-order valence-electron chi connectivity index (χ3n) is 6.03. The fraction of sp³-hybridized carbons (Fsp3) is 0.185. The number of nitrogens with one attached hydrogen (secondary N) is 1. The minimum Gasteiger partial charge on any atom is -0.439 e. The first-order valence-electron chi connectivity index (χ1n) is 12.2. The van der Waals surface area contributed by atoms with Crippen molar-refractivity contribution in [2.75, 3.05) is 43.1 Å². The van der Waals surface area contributed by atoms with Gasteiger partial charge in [0, 0.05) is 36.6 Å². The van der Waals surface area contributed by atoms with Gasteiger partial charge in [-0.3, -0.25) is 29.4 Å². The average molecular weight is 562 g/mol. The Morgan fingerprint density at radius 2 is 1.80 bits per heavy atom. The Labute approximate surface area is 232 Å². The zero-order chi connectivity index (χ0) is 28.1. The van der Waals surface area contributed by atoms with Crippen molar-refractivity contribution in [1.82, 2.24) is 9.88 Å². The normalized spacial score (nSPS) is 16.4. The van der Waals surface area contributed by atoms with Gasteiger partial charge in [-0.05, 0) is 59.8 Å². The van der Waals surface area contributed by atoms with E-state index in [1.165, 1.54) is 12.1 Å². The Morgan fingerprint density at radius 3 is 2.45 bits per heavy atom. The van der Waals surface area contributed by atoms with Crippen LogP contribution in [0.5, 0.6) is 11.6 Å². The number of carbonyl (C=O) groups is 3. The molecule has 2 aliphatic heterocycles. The summed E-state index contributed by atoms with van der Waals surface area (Å²) in [4.78, 5) is 55.3. The first kappa shape index (κ1) is 26.8. The molecular formula is C27H23N5O7S. The molecule has 2 aliphatic rings. The molecule has 13 heteroatoms. The number of rotatable bonds is 8. The fourth-order valence-corrected chi connectivity index (χ4v) is 4.84. The van der Waals surface area contributed by atoms with Gasteiger partial charge in [-0.2, -0.15) is 0 Å². The van der Waals surface area contributed by atoms with Gasteiger partial charge in [-0.15, -0.1) is 0 Å². The van der Waals surface area contributed by atoms with E-state index in [0.29, 0.717) is 30.2 Å². The lowest BCUT2D eigenvalue weighted by molar-refractivity contribution is -0.385. The fourth-order valence-electron chi connectivity index (χ4n) is 4.00.